The Kier molecular flexibility index (Phi) is 22.7. The van der Waals surface area contributed by atoms with Gasteiger partial charge in [0.05, 0.1) is 26.4 Å². The molecule has 18 heavy (non-hydrogen) atoms. The predicted molar refractivity (Wildman–Crippen MR) is 68.1 cm³/mol. The molecule has 0 radical (unpaired) electrons. The van der Waals surface area contributed by atoms with Crippen LogP contribution in [0, 0.1) is 0 Å². The van der Waals surface area contributed by atoms with Crippen LogP contribution >= 0.6 is 0 Å². The number of carbonyl (C=O) groups is 1. The number of rotatable bonds is 0. The van der Waals surface area contributed by atoms with E-state index in [4.69, 9.17) is 24.5 Å². The fourth-order valence-electron chi connectivity index (χ4n) is 1.03. The van der Waals surface area contributed by atoms with Crippen molar-refractivity contribution in [2.45, 2.75) is 0 Å². The number of hydrogen-bond acceptors (Lipinski definition) is 7. The van der Waals surface area contributed by atoms with Gasteiger partial charge in [-0.05, 0) is 0 Å². The molecule has 9 heteroatoms. The molecule has 10 N–H and O–H groups in total. The third-order valence-corrected chi connectivity index (χ3v) is 1.69. The van der Waals surface area contributed by atoms with Crippen LogP contribution in [0.3, 0.4) is 0 Å². The summed E-state index contributed by atoms with van der Waals surface area (Å²) in [6, 6.07) is 0. The molecule has 2 aliphatic heterocycles. The van der Waals surface area contributed by atoms with Crippen molar-refractivity contribution in [2.24, 2.45) is 0 Å². The van der Waals surface area contributed by atoms with E-state index in [1.54, 1.807) is 0 Å². The van der Waals surface area contributed by atoms with Crippen molar-refractivity contribution < 1.29 is 24.5 Å². The molecule has 9 nitrogen and oxygen atoms in total. The van der Waals surface area contributed by atoms with Gasteiger partial charge in [-0.3, -0.25) is 0 Å². The first-order valence-corrected chi connectivity index (χ1v) is 5.22. The first kappa shape index (κ1) is 22.2. The summed E-state index contributed by atoms with van der Waals surface area (Å²) < 4.78 is 10.0. The quantitative estimate of drug-likeness (QED) is 0.347. The summed E-state index contributed by atoms with van der Waals surface area (Å²) in [7, 11) is 0. The Bertz CT molecular complexity index is 126. The topological polar surface area (TPSA) is 170 Å². The van der Waals surface area contributed by atoms with Crippen LogP contribution in [0.1, 0.15) is 0 Å². The van der Waals surface area contributed by atoms with Gasteiger partial charge in [0, 0.05) is 26.2 Å². The van der Waals surface area contributed by atoms with Crippen molar-refractivity contribution in [1.82, 2.24) is 22.9 Å². The molecule has 2 heterocycles. The van der Waals surface area contributed by atoms with Gasteiger partial charge in [-0.1, -0.05) is 0 Å². The van der Waals surface area contributed by atoms with Crippen molar-refractivity contribution in [3.05, 3.63) is 0 Å². The highest BCUT2D eigenvalue weighted by Gasteiger charge is 1.93. The zero-order valence-electron chi connectivity index (χ0n) is 10.7. The van der Waals surface area contributed by atoms with E-state index >= 15 is 0 Å². The van der Waals surface area contributed by atoms with Crippen LogP contribution in [0.15, 0.2) is 0 Å². The molecule has 2 aliphatic rings. The maximum absolute atomic E-state index is 8.56. The average Bonchev–Trinajstić information content (AvgIpc) is 2.34. The van der Waals surface area contributed by atoms with Gasteiger partial charge in [0.25, 0.3) is 0 Å². The summed E-state index contributed by atoms with van der Waals surface area (Å²) >= 11 is 0. The summed E-state index contributed by atoms with van der Waals surface area (Å²) in [5.41, 5.74) is 0. The smallest absolute Gasteiger partial charge is 0.450 e. The summed E-state index contributed by atoms with van der Waals surface area (Å²) in [5, 5.41) is 20.3. The molecule has 2 fully saturated rings. The van der Waals surface area contributed by atoms with E-state index in [-0.39, 0.29) is 12.3 Å². The second-order valence-electron chi connectivity index (χ2n) is 3.01. The molecule has 0 atom stereocenters. The lowest BCUT2D eigenvalue weighted by Gasteiger charge is -2.10. The van der Waals surface area contributed by atoms with Crippen LogP contribution < -0.4 is 22.9 Å². The lowest BCUT2D eigenvalue weighted by molar-refractivity contribution is 0.109. The van der Waals surface area contributed by atoms with Gasteiger partial charge in [0.15, 0.2) is 0 Å². The summed E-state index contributed by atoms with van der Waals surface area (Å²) in [6.45, 7) is 7.67. The Hall–Kier alpha value is -0.970. The van der Waals surface area contributed by atoms with Crippen molar-refractivity contribution in [3.8, 4) is 0 Å². The van der Waals surface area contributed by atoms with Crippen molar-refractivity contribution in [1.29, 1.82) is 0 Å². The highest BCUT2D eigenvalue weighted by molar-refractivity contribution is 5.53. The maximum Gasteiger partial charge on any atom is 0.503 e. The van der Waals surface area contributed by atoms with Gasteiger partial charge in [-0.2, -0.15) is 0 Å². The molecule has 0 saturated carbocycles. The molecule has 0 aliphatic carbocycles. The minimum Gasteiger partial charge on any atom is -0.450 e. The molecule has 0 amide bonds. The monoisotopic (exact) mass is 270 g/mol. The first-order chi connectivity index (χ1) is 7.73. The first-order valence-electron chi connectivity index (χ1n) is 5.22. The van der Waals surface area contributed by atoms with Gasteiger partial charge < -0.3 is 42.6 Å². The molecule has 0 bridgehead atoms. The fraction of sp³-hybridized carbons (Fsp3) is 0.889. The summed E-state index contributed by atoms with van der Waals surface area (Å²) in [5.74, 6) is 0. The Labute approximate surface area is 107 Å². The molecule has 2 saturated heterocycles. The van der Waals surface area contributed by atoms with Gasteiger partial charge >= 0.3 is 6.16 Å². The molecular weight excluding hydrogens is 244 g/mol. The number of ether oxygens (including phenoxy) is 2. The zero-order chi connectivity index (χ0) is 12.1. The highest BCUT2D eigenvalue weighted by atomic mass is 16.6. The molecule has 0 aromatic heterocycles. The van der Waals surface area contributed by atoms with Crippen LogP contribution in [0.25, 0.3) is 0 Å². The Balaban J connectivity index is -0.000000182. The van der Waals surface area contributed by atoms with Crippen LogP contribution in [0.4, 0.5) is 4.79 Å². The van der Waals surface area contributed by atoms with E-state index in [9.17, 15) is 0 Å². The lowest BCUT2D eigenvalue weighted by atomic mass is 10.5. The minimum absolute atomic E-state index is 0. The number of nitrogens with one attached hydrogen (secondary N) is 2. The molecule has 2 rings (SSSR count). The Morgan fingerprint density at radius 1 is 0.778 bits per heavy atom. The van der Waals surface area contributed by atoms with Crippen LogP contribution in [-0.4, -0.2) is 69.0 Å². The van der Waals surface area contributed by atoms with Crippen LogP contribution in [-0.2, 0) is 9.47 Å². The number of carboxylic acid groups (broad SMARTS) is 2. The predicted octanol–water partition coefficient (Wildman–Crippen LogP) is -0.241. The minimum atomic E-state index is -1.83. The second kappa shape index (κ2) is 18.4. The number of hydrogen-bond donors (Lipinski definition) is 6. The zero-order valence-corrected chi connectivity index (χ0v) is 10.7. The Morgan fingerprint density at radius 2 is 1.00 bits per heavy atom. The van der Waals surface area contributed by atoms with E-state index in [1.165, 1.54) is 0 Å². The molecular formula is C9H26N4O5. The normalized spacial score (nSPS) is 17.3. The van der Waals surface area contributed by atoms with Gasteiger partial charge in [-0.15, -0.1) is 0 Å². The number of morpholine rings is 2. The van der Waals surface area contributed by atoms with Crippen LogP contribution in [0.5, 0.6) is 0 Å². The molecule has 0 unspecified atom stereocenters. The SMILES string of the molecule is C1COCCN1.C1COCCN1.N.N.O=C(O)O. The maximum atomic E-state index is 8.56. The fourth-order valence-corrected chi connectivity index (χ4v) is 1.03. The van der Waals surface area contributed by atoms with Crippen molar-refractivity contribution in [2.75, 3.05) is 52.6 Å². The Morgan fingerprint density at radius 3 is 1.06 bits per heavy atom. The standard InChI is InChI=1S/2C4H9NO.CH2O3.2H3N/c2*1-3-6-4-2-5-1;2-1(3)4;;/h2*5H,1-4H2;(H2,2,3,4);2*1H3. The molecule has 0 aromatic carbocycles. The van der Waals surface area contributed by atoms with E-state index in [2.05, 4.69) is 10.6 Å². The molecule has 112 valence electrons. The lowest BCUT2D eigenvalue weighted by Crippen LogP contribution is -2.30. The van der Waals surface area contributed by atoms with E-state index in [1.807, 2.05) is 0 Å². The van der Waals surface area contributed by atoms with Gasteiger partial charge in [0.2, 0.25) is 0 Å². The van der Waals surface area contributed by atoms with Crippen molar-refractivity contribution in [3.63, 3.8) is 0 Å². The van der Waals surface area contributed by atoms with Gasteiger partial charge in [-0.25, -0.2) is 4.79 Å². The highest BCUT2D eigenvalue weighted by Crippen LogP contribution is 1.77. The molecule has 0 aromatic rings. The van der Waals surface area contributed by atoms with Gasteiger partial charge in [0.1, 0.15) is 0 Å². The third-order valence-electron chi connectivity index (χ3n) is 1.69. The largest absolute Gasteiger partial charge is 0.503 e. The summed E-state index contributed by atoms with van der Waals surface area (Å²) in [4.78, 5) is 8.56. The van der Waals surface area contributed by atoms with Crippen molar-refractivity contribution >= 4 is 6.16 Å². The molecule has 0 spiro atoms. The summed E-state index contributed by atoms with van der Waals surface area (Å²) in [6.07, 6.45) is -1.83. The average molecular weight is 270 g/mol. The van der Waals surface area contributed by atoms with E-state index in [0.29, 0.717) is 0 Å². The van der Waals surface area contributed by atoms with E-state index < -0.39 is 6.16 Å². The second-order valence-corrected chi connectivity index (χ2v) is 3.01. The van der Waals surface area contributed by atoms with E-state index in [0.717, 1.165) is 52.6 Å². The third kappa shape index (κ3) is 24.3. The van der Waals surface area contributed by atoms with Crippen LogP contribution in [0.2, 0.25) is 0 Å².